The maximum Gasteiger partial charge on any atom is 0.125 e. The predicted molar refractivity (Wildman–Crippen MR) is 62.0 cm³/mol. The molecule has 1 unspecified atom stereocenters. The Kier molecular flexibility index (Phi) is 4.50. The summed E-state index contributed by atoms with van der Waals surface area (Å²) in [5.74, 6) is 0.154. The van der Waals surface area contributed by atoms with E-state index in [1.807, 2.05) is 6.92 Å². The number of ether oxygens (including phenoxy) is 1. The molecule has 0 saturated carbocycles. The summed E-state index contributed by atoms with van der Waals surface area (Å²) < 4.78 is 18.5. The van der Waals surface area contributed by atoms with E-state index in [0.29, 0.717) is 17.9 Å². The molecule has 1 aromatic rings. The van der Waals surface area contributed by atoms with Crippen LogP contribution in [0.4, 0.5) is 4.39 Å². The monoisotopic (exact) mass is 224 g/mol. The molecule has 0 spiro atoms. The first kappa shape index (κ1) is 12.7. The van der Waals surface area contributed by atoms with Crippen molar-refractivity contribution in [1.82, 2.24) is 0 Å². The summed E-state index contributed by atoms with van der Waals surface area (Å²) in [6, 6.07) is 4.15. The lowest BCUT2D eigenvalue weighted by Crippen LogP contribution is -2.03. The number of aliphatic hydroxyl groups is 1. The van der Waals surface area contributed by atoms with Crippen LogP contribution in [0.15, 0.2) is 30.4 Å². The molecular formula is C13H17FO2. The Morgan fingerprint density at radius 3 is 2.81 bits per heavy atom. The van der Waals surface area contributed by atoms with Gasteiger partial charge in [0, 0.05) is 12.0 Å². The van der Waals surface area contributed by atoms with E-state index < -0.39 is 6.10 Å². The second-order valence-electron chi connectivity index (χ2n) is 3.91. The van der Waals surface area contributed by atoms with E-state index in [0.717, 1.165) is 12.0 Å². The van der Waals surface area contributed by atoms with Gasteiger partial charge in [-0.15, -0.1) is 6.58 Å². The predicted octanol–water partition coefficient (Wildman–Crippen LogP) is 3.22. The van der Waals surface area contributed by atoms with E-state index in [2.05, 4.69) is 6.58 Å². The van der Waals surface area contributed by atoms with Crippen LogP contribution in [0.25, 0.3) is 0 Å². The number of rotatable bonds is 5. The van der Waals surface area contributed by atoms with Gasteiger partial charge in [-0.25, -0.2) is 4.39 Å². The zero-order chi connectivity index (χ0) is 12.1. The topological polar surface area (TPSA) is 29.5 Å². The van der Waals surface area contributed by atoms with Crippen LogP contribution in [-0.4, -0.2) is 11.7 Å². The zero-order valence-corrected chi connectivity index (χ0v) is 9.66. The van der Waals surface area contributed by atoms with Crippen molar-refractivity contribution in [2.45, 2.75) is 26.4 Å². The third-order valence-corrected chi connectivity index (χ3v) is 2.21. The van der Waals surface area contributed by atoms with Gasteiger partial charge < -0.3 is 9.84 Å². The molecule has 0 aliphatic heterocycles. The van der Waals surface area contributed by atoms with Gasteiger partial charge in [0.1, 0.15) is 11.6 Å². The summed E-state index contributed by atoms with van der Waals surface area (Å²) in [5, 5.41) is 9.47. The highest BCUT2D eigenvalue weighted by Gasteiger charge is 2.10. The van der Waals surface area contributed by atoms with Crippen molar-refractivity contribution >= 4 is 0 Å². The molecule has 0 amide bonds. The molecular weight excluding hydrogens is 207 g/mol. The number of benzene rings is 1. The van der Waals surface area contributed by atoms with Crippen molar-refractivity contribution < 1.29 is 14.2 Å². The van der Waals surface area contributed by atoms with Crippen molar-refractivity contribution in [2.75, 3.05) is 6.61 Å². The van der Waals surface area contributed by atoms with E-state index in [9.17, 15) is 9.50 Å². The van der Waals surface area contributed by atoms with E-state index >= 15 is 0 Å². The Balaban J connectivity index is 2.74. The lowest BCUT2D eigenvalue weighted by atomic mass is 10.1. The van der Waals surface area contributed by atoms with Gasteiger partial charge in [-0.1, -0.05) is 5.57 Å². The fourth-order valence-corrected chi connectivity index (χ4v) is 1.31. The van der Waals surface area contributed by atoms with Crippen LogP contribution in [-0.2, 0) is 0 Å². The molecule has 0 aliphatic rings. The molecule has 0 aromatic heterocycles. The molecule has 0 bridgehead atoms. The quantitative estimate of drug-likeness (QED) is 0.778. The summed E-state index contributed by atoms with van der Waals surface area (Å²) in [6.45, 7) is 7.76. The van der Waals surface area contributed by atoms with Gasteiger partial charge in [0.25, 0.3) is 0 Å². The molecule has 1 aromatic carbocycles. The highest BCUT2D eigenvalue weighted by molar-refractivity contribution is 5.35. The maximum absolute atomic E-state index is 13.0. The van der Waals surface area contributed by atoms with Crippen LogP contribution < -0.4 is 4.74 Å². The van der Waals surface area contributed by atoms with E-state index in [1.54, 1.807) is 6.92 Å². The number of hydrogen-bond acceptors (Lipinski definition) is 2. The molecule has 0 heterocycles. The maximum atomic E-state index is 13.0. The van der Waals surface area contributed by atoms with E-state index in [4.69, 9.17) is 4.74 Å². The molecule has 88 valence electrons. The standard InChI is InChI=1S/C13H17FO2/c1-9(2)6-7-16-13-5-4-11(14)8-12(13)10(3)15/h4-5,8,10,15H,1,6-7H2,2-3H3. The fourth-order valence-electron chi connectivity index (χ4n) is 1.31. The molecule has 0 aliphatic carbocycles. The van der Waals surface area contributed by atoms with Crippen molar-refractivity contribution in [3.05, 3.63) is 41.7 Å². The van der Waals surface area contributed by atoms with Gasteiger partial charge in [-0.3, -0.25) is 0 Å². The fraction of sp³-hybridized carbons (Fsp3) is 0.385. The van der Waals surface area contributed by atoms with E-state index in [1.165, 1.54) is 18.2 Å². The van der Waals surface area contributed by atoms with Gasteiger partial charge >= 0.3 is 0 Å². The van der Waals surface area contributed by atoms with Crippen LogP contribution in [0.3, 0.4) is 0 Å². The van der Waals surface area contributed by atoms with Gasteiger partial charge in [0.15, 0.2) is 0 Å². The number of halogens is 1. The molecule has 0 saturated heterocycles. The molecule has 3 heteroatoms. The minimum atomic E-state index is -0.740. The summed E-state index contributed by atoms with van der Waals surface area (Å²) in [6.07, 6.45) is 0.00640. The van der Waals surface area contributed by atoms with Crippen molar-refractivity contribution in [2.24, 2.45) is 0 Å². The number of hydrogen-bond donors (Lipinski definition) is 1. The largest absolute Gasteiger partial charge is 0.493 e. The van der Waals surface area contributed by atoms with Crippen molar-refractivity contribution in [1.29, 1.82) is 0 Å². The van der Waals surface area contributed by atoms with Gasteiger partial charge in [0.2, 0.25) is 0 Å². The normalized spacial score (nSPS) is 12.2. The van der Waals surface area contributed by atoms with Crippen molar-refractivity contribution in [3.63, 3.8) is 0 Å². The Morgan fingerprint density at radius 2 is 2.25 bits per heavy atom. The van der Waals surface area contributed by atoms with Crippen LogP contribution in [0, 0.1) is 5.82 Å². The van der Waals surface area contributed by atoms with E-state index in [-0.39, 0.29) is 5.82 Å². The third-order valence-electron chi connectivity index (χ3n) is 2.21. The Labute approximate surface area is 95.4 Å². The van der Waals surface area contributed by atoms with Gasteiger partial charge in [-0.2, -0.15) is 0 Å². The SMILES string of the molecule is C=C(C)CCOc1ccc(F)cc1C(C)O. The molecule has 1 rings (SSSR count). The summed E-state index contributed by atoms with van der Waals surface area (Å²) >= 11 is 0. The average molecular weight is 224 g/mol. The summed E-state index contributed by atoms with van der Waals surface area (Å²) in [4.78, 5) is 0. The lowest BCUT2D eigenvalue weighted by molar-refractivity contribution is 0.191. The van der Waals surface area contributed by atoms with Gasteiger partial charge in [-0.05, 0) is 32.0 Å². The van der Waals surface area contributed by atoms with Crippen LogP contribution in [0.2, 0.25) is 0 Å². The highest BCUT2D eigenvalue weighted by Crippen LogP contribution is 2.26. The second kappa shape index (κ2) is 5.66. The molecule has 16 heavy (non-hydrogen) atoms. The van der Waals surface area contributed by atoms with Crippen molar-refractivity contribution in [3.8, 4) is 5.75 Å². The van der Waals surface area contributed by atoms with Crippen LogP contribution >= 0.6 is 0 Å². The molecule has 1 atom stereocenters. The first-order valence-corrected chi connectivity index (χ1v) is 5.25. The third kappa shape index (κ3) is 3.66. The summed E-state index contributed by atoms with van der Waals surface area (Å²) in [5.41, 5.74) is 1.50. The lowest BCUT2D eigenvalue weighted by Gasteiger charge is -2.13. The first-order valence-electron chi connectivity index (χ1n) is 5.25. The average Bonchev–Trinajstić information content (AvgIpc) is 2.19. The van der Waals surface area contributed by atoms with Crippen LogP contribution in [0.5, 0.6) is 5.75 Å². The summed E-state index contributed by atoms with van der Waals surface area (Å²) in [7, 11) is 0. The number of aliphatic hydroxyl groups excluding tert-OH is 1. The minimum Gasteiger partial charge on any atom is -0.493 e. The second-order valence-corrected chi connectivity index (χ2v) is 3.91. The minimum absolute atomic E-state index is 0.372. The van der Waals surface area contributed by atoms with Crippen LogP contribution in [0.1, 0.15) is 31.9 Å². The smallest absolute Gasteiger partial charge is 0.125 e. The molecule has 0 radical (unpaired) electrons. The van der Waals surface area contributed by atoms with Gasteiger partial charge in [0.05, 0.1) is 12.7 Å². The molecule has 0 fully saturated rings. The highest BCUT2D eigenvalue weighted by atomic mass is 19.1. The Morgan fingerprint density at radius 1 is 1.56 bits per heavy atom. The Bertz CT molecular complexity index is 372. The first-order chi connectivity index (χ1) is 7.50. The Hall–Kier alpha value is -1.35. The molecule has 2 nitrogen and oxygen atoms in total. The zero-order valence-electron chi connectivity index (χ0n) is 9.66. The molecule has 1 N–H and O–H groups in total.